The molecule has 0 spiro atoms. The average Bonchev–Trinajstić information content (AvgIpc) is 3.14. The number of ketones is 1. The molecule has 0 unspecified atom stereocenters. The lowest BCUT2D eigenvalue weighted by atomic mass is 10.1. The van der Waals surface area contributed by atoms with Gasteiger partial charge in [0.1, 0.15) is 17.6 Å². The van der Waals surface area contributed by atoms with Crippen molar-refractivity contribution in [2.24, 2.45) is 0 Å². The first-order chi connectivity index (χ1) is 15.3. The highest BCUT2D eigenvalue weighted by Crippen LogP contribution is 2.34. The van der Waals surface area contributed by atoms with Crippen molar-refractivity contribution in [1.82, 2.24) is 0 Å². The van der Waals surface area contributed by atoms with Gasteiger partial charge in [-0.25, -0.2) is 13.6 Å². The van der Waals surface area contributed by atoms with Gasteiger partial charge in [-0.15, -0.1) is 0 Å². The molecule has 0 radical (unpaired) electrons. The summed E-state index contributed by atoms with van der Waals surface area (Å²) in [6.45, 7) is 5.18. The highest BCUT2D eigenvalue weighted by atomic mass is 28.3. The van der Waals surface area contributed by atoms with Crippen LogP contribution in [0.25, 0.3) is 0 Å². The Morgan fingerprint density at radius 1 is 1.12 bits per heavy atom. The fourth-order valence-corrected chi connectivity index (χ4v) is 7.96. The van der Waals surface area contributed by atoms with Crippen molar-refractivity contribution in [3.05, 3.63) is 54.1 Å². The number of ether oxygens (including phenoxy) is 1. The zero-order chi connectivity index (χ0) is 22.9. The summed E-state index contributed by atoms with van der Waals surface area (Å²) in [5, 5.41) is 1.38. The maximum atomic E-state index is 15.0. The second kappa shape index (κ2) is 9.01. The minimum Gasteiger partial charge on any atom is -0.444 e. The van der Waals surface area contributed by atoms with Crippen LogP contribution in [0.15, 0.2) is 42.5 Å². The number of hydrogen-bond donors (Lipinski definition) is 0. The molecule has 32 heavy (non-hydrogen) atoms. The lowest BCUT2D eigenvalue weighted by Crippen LogP contribution is -2.53. The fraction of sp³-hybridized carbons (Fsp3) is 0.417. The van der Waals surface area contributed by atoms with Crippen molar-refractivity contribution in [3.63, 3.8) is 0 Å². The Labute approximate surface area is 188 Å². The number of carbonyl (C=O) groups is 2. The zero-order valence-corrected chi connectivity index (χ0v) is 19.4. The van der Waals surface area contributed by atoms with E-state index in [1.165, 1.54) is 29.1 Å². The van der Waals surface area contributed by atoms with Crippen LogP contribution in [0.3, 0.4) is 0 Å². The number of nitrogens with zero attached hydrogens (tertiary/aromatic N) is 2. The largest absolute Gasteiger partial charge is 0.444 e. The van der Waals surface area contributed by atoms with Crippen LogP contribution in [-0.2, 0) is 9.53 Å². The molecule has 2 heterocycles. The van der Waals surface area contributed by atoms with Gasteiger partial charge < -0.3 is 14.4 Å². The number of hydrogen-bond acceptors (Lipinski definition) is 4. The smallest absolute Gasteiger partial charge is 0.414 e. The molecule has 0 bridgehead atoms. The lowest BCUT2D eigenvalue weighted by Gasteiger charge is -2.39. The highest BCUT2D eigenvalue weighted by molar-refractivity contribution is 6.91. The molecule has 2 aromatic rings. The van der Waals surface area contributed by atoms with E-state index in [9.17, 15) is 9.59 Å². The van der Waals surface area contributed by atoms with Crippen molar-refractivity contribution in [2.75, 3.05) is 29.4 Å². The van der Waals surface area contributed by atoms with Crippen LogP contribution in [0, 0.1) is 11.6 Å². The SMILES string of the molecule is CC(=O)CC[C@H]1CN(c2cc(F)c(N3CC[Si](C)(c4ccccc4)CC3)c(F)c2)C(=O)O1. The van der Waals surface area contributed by atoms with E-state index >= 15 is 8.78 Å². The van der Waals surface area contributed by atoms with Gasteiger partial charge in [-0.1, -0.05) is 42.1 Å². The fourth-order valence-electron chi connectivity index (χ4n) is 4.61. The third kappa shape index (κ3) is 4.55. The normalized spacial score (nSPS) is 20.4. The Kier molecular flexibility index (Phi) is 6.32. The molecule has 0 saturated carbocycles. The van der Waals surface area contributed by atoms with Crippen molar-refractivity contribution in [2.45, 2.75) is 44.5 Å². The van der Waals surface area contributed by atoms with Crippen LogP contribution < -0.4 is 15.0 Å². The Morgan fingerprint density at radius 2 is 1.75 bits per heavy atom. The van der Waals surface area contributed by atoms with Crippen molar-refractivity contribution in [1.29, 1.82) is 0 Å². The summed E-state index contributed by atoms with van der Waals surface area (Å²) in [7, 11) is -1.67. The number of cyclic esters (lactones) is 1. The molecule has 1 amide bonds. The average molecular weight is 459 g/mol. The topological polar surface area (TPSA) is 49.9 Å². The van der Waals surface area contributed by atoms with Gasteiger partial charge >= 0.3 is 6.09 Å². The monoisotopic (exact) mass is 458 g/mol. The van der Waals surface area contributed by atoms with E-state index in [1.807, 2.05) is 18.2 Å². The Bertz CT molecular complexity index is 987. The quantitative estimate of drug-likeness (QED) is 0.600. The van der Waals surface area contributed by atoms with E-state index < -0.39 is 31.9 Å². The van der Waals surface area contributed by atoms with Crippen LogP contribution in [0.1, 0.15) is 19.8 Å². The van der Waals surface area contributed by atoms with E-state index in [1.54, 1.807) is 4.90 Å². The summed E-state index contributed by atoms with van der Waals surface area (Å²) in [6.07, 6.45) is -0.404. The van der Waals surface area contributed by atoms with E-state index in [-0.39, 0.29) is 23.7 Å². The number of benzene rings is 2. The number of rotatable bonds is 6. The van der Waals surface area contributed by atoms with E-state index in [0.29, 0.717) is 25.9 Å². The molecule has 2 saturated heterocycles. The molecule has 0 N–H and O–H groups in total. The summed E-state index contributed by atoms with van der Waals surface area (Å²) in [5.74, 6) is -1.34. The number of carbonyl (C=O) groups excluding carboxylic acids is 2. The second-order valence-corrected chi connectivity index (χ2v) is 13.7. The molecule has 2 aliphatic rings. The van der Waals surface area contributed by atoms with Crippen molar-refractivity contribution in [3.8, 4) is 0 Å². The third-order valence-corrected chi connectivity index (χ3v) is 11.0. The first-order valence-electron chi connectivity index (χ1n) is 11.0. The highest BCUT2D eigenvalue weighted by Gasteiger charge is 2.37. The van der Waals surface area contributed by atoms with Crippen molar-refractivity contribution < 1.29 is 23.1 Å². The lowest BCUT2D eigenvalue weighted by molar-refractivity contribution is -0.117. The maximum Gasteiger partial charge on any atom is 0.414 e. The number of amides is 1. The first-order valence-corrected chi connectivity index (χ1v) is 14.0. The molecule has 170 valence electrons. The summed E-state index contributed by atoms with van der Waals surface area (Å²) < 4.78 is 35.4. The Balaban J connectivity index is 1.47. The molecular formula is C24H28F2N2O3Si. The van der Waals surface area contributed by atoms with E-state index in [0.717, 1.165) is 12.1 Å². The number of anilines is 2. The molecule has 2 aliphatic heterocycles. The third-order valence-electron chi connectivity index (χ3n) is 6.66. The molecule has 2 fully saturated rings. The molecule has 5 nitrogen and oxygen atoms in total. The minimum atomic E-state index is -1.67. The maximum absolute atomic E-state index is 15.0. The van der Waals surface area contributed by atoms with Gasteiger partial charge in [0.25, 0.3) is 0 Å². The van der Waals surface area contributed by atoms with Crippen LogP contribution in [0.4, 0.5) is 25.0 Å². The van der Waals surface area contributed by atoms with Gasteiger partial charge in [0.15, 0.2) is 11.6 Å². The standard InChI is InChI=1S/C24H28F2N2O3Si/c1-17(29)8-9-19-16-28(24(30)31-19)18-14-21(25)23(22(26)15-18)27-10-12-32(2,13-11-27)20-6-4-3-5-7-20/h3-7,14-15,19H,8-13,16H2,1-2H3/t19-/m0/s1. The first kappa shape index (κ1) is 22.5. The van der Waals surface area contributed by atoms with E-state index in [2.05, 4.69) is 18.7 Å². The Morgan fingerprint density at radius 3 is 2.34 bits per heavy atom. The molecule has 8 heteroatoms. The summed E-state index contributed by atoms with van der Waals surface area (Å²) in [5.41, 5.74) is 0.109. The predicted octanol–water partition coefficient (Wildman–Crippen LogP) is 4.47. The van der Waals surface area contributed by atoms with Gasteiger partial charge in [-0.05, 0) is 25.4 Å². The van der Waals surface area contributed by atoms with Gasteiger partial charge in [-0.2, -0.15) is 0 Å². The molecular weight excluding hydrogens is 430 g/mol. The summed E-state index contributed by atoms with van der Waals surface area (Å²) in [4.78, 5) is 26.4. The van der Waals surface area contributed by atoms with Crippen LogP contribution >= 0.6 is 0 Å². The van der Waals surface area contributed by atoms with Crippen LogP contribution in [-0.4, -0.2) is 45.7 Å². The molecule has 0 aromatic heterocycles. The second-order valence-electron chi connectivity index (χ2n) is 9.03. The predicted molar refractivity (Wildman–Crippen MR) is 123 cm³/mol. The van der Waals surface area contributed by atoms with E-state index in [4.69, 9.17) is 4.74 Å². The van der Waals surface area contributed by atoms with Crippen LogP contribution in [0.5, 0.6) is 0 Å². The molecule has 4 rings (SSSR count). The summed E-state index contributed by atoms with van der Waals surface area (Å²) in [6, 6.07) is 14.7. The van der Waals surface area contributed by atoms with Gasteiger partial charge in [0, 0.05) is 31.6 Å². The van der Waals surface area contributed by atoms with Crippen LogP contribution in [0.2, 0.25) is 18.6 Å². The molecule has 1 atom stereocenters. The van der Waals surface area contributed by atoms with Gasteiger partial charge in [0.2, 0.25) is 0 Å². The minimum absolute atomic E-state index is 0.00824. The van der Waals surface area contributed by atoms with Gasteiger partial charge in [-0.3, -0.25) is 4.90 Å². The Hall–Kier alpha value is -2.74. The molecule has 0 aliphatic carbocycles. The van der Waals surface area contributed by atoms with Gasteiger partial charge in [0.05, 0.1) is 20.3 Å². The zero-order valence-electron chi connectivity index (χ0n) is 18.4. The molecule has 2 aromatic carbocycles. The van der Waals surface area contributed by atoms with Crippen molar-refractivity contribution >= 4 is 36.5 Å². The summed E-state index contributed by atoms with van der Waals surface area (Å²) >= 11 is 0. The number of halogens is 2. The number of Topliss-reactive ketones (excluding diaryl/α,β-unsaturated/α-hetero) is 1.